The summed E-state index contributed by atoms with van der Waals surface area (Å²) in [6.45, 7) is 3.02. The van der Waals surface area contributed by atoms with Gasteiger partial charge in [0.05, 0.1) is 11.6 Å². The first-order chi connectivity index (χ1) is 17.2. The van der Waals surface area contributed by atoms with E-state index >= 15 is 0 Å². The quantitative estimate of drug-likeness (QED) is 0.238. The van der Waals surface area contributed by atoms with Crippen LogP contribution < -0.4 is 9.86 Å². The lowest BCUT2D eigenvalue weighted by Gasteiger charge is -2.42. The van der Waals surface area contributed by atoms with Gasteiger partial charge in [-0.3, -0.25) is 24.7 Å². The Morgan fingerprint density at radius 1 is 1.22 bits per heavy atom. The van der Waals surface area contributed by atoms with Gasteiger partial charge in [-0.1, -0.05) is 43.3 Å². The first-order valence-corrected chi connectivity index (χ1v) is 13.2. The molecule has 1 aliphatic heterocycles. The number of hydrogen-bond donors (Lipinski definition) is 3. The number of rotatable bonds is 8. The monoisotopic (exact) mass is 511 g/mol. The molecular weight excluding hydrogens is 482 g/mol. The zero-order valence-electron chi connectivity index (χ0n) is 19.8. The van der Waals surface area contributed by atoms with E-state index in [0.717, 1.165) is 23.1 Å². The van der Waals surface area contributed by atoms with Gasteiger partial charge in [-0.05, 0) is 53.3 Å². The summed E-state index contributed by atoms with van der Waals surface area (Å²) in [6.07, 6.45) is 4.73. The number of aromatic hydroxyl groups is 1. The molecule has 0 unspecified atom stereocenters. The number of phenols is 1. The highest BCUT2D eigenvalue weighted by Gasteiger charge is 2.48. The van der Waals surface area contributed by atoms with E-state index in [-0.39, 0.29) is 22.3 Å². The number of nitrogens with zero attached hydrogens (tertiary/aromatic N) is 3. The highest BCUT2D eigenvalue weighted by Crippen LogP contribution is 2.44. The summed E-state index contributed by atoms with van der Waals surface area (Å²) in [7, 11) is -4.17. The van der Waals surface area contributed by atoms with Gasteiger partial charge in [-0.15, -0.1) is 0 Å². The third kappa shape index (κ3) is 5.64. The predicted octanol–water partition coefficient (Wildman–Crippen LogP) is 3.34. The van der Waals surface area contributed by atoms with Crippen molar-refractivity contribution in [2.24, 2.45) is 5.14 Å². The first kappa shape index (κ1) is 25.5. The van der Waals surface area contributed by atoms with E-state index in [9.17, 15) is 23.6 Å². The summed E-state index contributed by atoms with van der Waals surface area (Å²) in [5.74, 6) is -0.678. The van der Waals surface area contributed by atoms with Crippen LogP contribution in [0.2, 0.25) is 0 Å². The summed E-state index contributed by atoms with van der Waals surface area (Å²) in [5, 5.41) is 28.0. The van der Waals surface area contributed by atoms with Crippen LogP contribution in [0.25, 0.3) is 0 Å². The Morgan fingerprint density at radius 3 is 2.67 bits per heavy atom. The van der Waals surface area contributed by atoms with E-state index in [1.165, 1.54) is 12.1 Å². The van der Waals surface area contributed by atoms with Gasteiger partial charge in [-0.2, -0.15) is 8.42 Å². The van der Waals surface area contributed by atoms with E-state index in [1.54, 1.807) is 18.5 Å². The van der Waals surface area contributed by atoms with Crippen molar-refractivity contribution in [3.63, 3.8) is 0 Å². The van der Waals surface area contributed by atoms with E-state index in [0.29, 0.717) is 25.1 Å². The highest BCUT2D eigenvalue weighted by molar-refractivity contribution is 7.90. The number of phenolic OH excluding ortho intramolecular Hbond substituents is 1. The van der Waals surface area contributed by atoms with Gasteiger partial charge in [0, 0.05) is 30.4 Å². The van der Waals surface area contributed by atoms with Gasteiger partial charge in [0.15, 0.2) is 0 Å². The zero-order valence-corrected chi connectivity index (χ0v) is 20.6. The number of aromatic nitrogens is 1. The smallest absolute Gasteiger partial charge is 0.296 e. The molecule has 0 radical (unpaired) electrons. The molecule has 4 rings (SSSR count). The van der Waals surface area contributed by atoms with E-state index in [2.05, 4.69) is 9.71 Å². The number of benzene rings is 2. The Morgan fingerprint density at radius 2 is 2.00 bits per heavy atom. The van der Waals surface area contributed by atoms with E-state index < -0.39 is 22.3 Å². The lowest BCUT2D eigenvalue weighted by molar-refractivity contribution is -0.540. The molecular formula is C25H29N5O5S. The molecule has 0 saturated carbocycles. The molecule has 10 nitrogen and oxygen atoms in total. The lowest BCUT2D eigenvalue weighted by Crippen LogP contribution is -2.49. The molecule has 1 aromatic heterocycles. The van der Waals surface area contributed by atoms with Crippen molar-refractivity contribution >= 4 is 15.9 Å². The predicted molar refractivity (Wildman–Crippen MR) is 136 cm³/mol. The number of anilines is 1. The molecule has 1 saturated heterocycles. The minimum atomic E-state index is -4.17. The molecule has 4 N–H and O–H groups in total. The Balaban J connectivity index is 1.83. The van der Waals surface area contributed by atoms with Gasteiger partial charge < -0.3 is 5.11 Å². The SMILES string of the molecule is CCc1ccccc1[C@H]1CCN(Cc2cccnc2)[C@@H](c2ccc(O)c(NS(N)(=O)=O)c2)[C@@H]1[N+](=O)[O-]. The van der Waals surface area contributed by atoms with Crippen molar-refractivity contribution in [2.45, 2.75) is 44.3 Å². The number of nitro groups is 1. The largest absolute Gasteiger partial charge is 0.506 e. The van der Waals surface area contributed by atoms with Gasteiger partial charge in [0.25, 0.3) is 10.2 Å². The maximum absolute atomic E-state index is 12.7. The molecule has 2 aromatic carbocycles. The minimum Gasteiger partial charge on any atom is -0.506 e. The molecule has 3 atom stereocenters. The van der Waals surface area contributed by atoms with Crippen molar-refractivity contribution in [2.75, 3.05) is 11.3 Å². The van der Waals surface area contributed by atoms with Crippen molar-refractivity contribution < 1.29 is 18.4 Å². The van der Waals surface area contributed by atoms with Crippen LogP contribution in [0.5, 0.6) is 5.75 Å². The normalized spacial score (nSPS) is 20.7. The van der Waals surface area contributed by atoms with Crippen molar-refractivity contribution in [3.05, 3.63) is 99.4 Å². The van der Waals surface area contributed by atoms with Crippen LogP contribution in [0.1, 0.15) is 47.6 Å². The van der Waals surface area contributed by atoms with E-state index in [4.69, 9.17) is 5.14 Å². The molecule has 1 aliphatic rings. The number of pyridine rings is 1. The number of piperidine rings is 1. The highest BCUT2D eigenvalue weighted by atomic mass is 32.2. The van der Waals surface area contributed by atoms with Gasteiger partial charge in [0.2, 0.25) is 6.04 Å². The van der Waals surface area contributed by atoms with Gasteiger partial charge in [-0.25, -0.2) is 5.14 Å². The molecule has 1 fully saturated rings. The maximum atomic E-state index is 12.7. The first-order valence-electron chi connectivity index (χ1n) is 11.7. The molecule has 0 aliphatic carbocycles. The summed E-state index contributed by atoms with van der Waals surface area (Å²) in [5.41, 5.74) is 3.29. The van der Waals surface area contributed by atoms with Crippen LogP contribution in [0.15, 0.2) is 67.0 Å². The zero-order chi connectivity index (χ0) is 25.9. The van der Waals surface area contributed by atoms with Crippen LogP contribution in [0, 0.1) is 10.1 Å². The average Bonchev–Trinajstić information content (AvgIpc) is 2.85. The van der Waals surface area contributed by atoms with Gasteiger partial charge in [0.1, 0.15) is 11.8 Å². The number of nitrogens with one attached hydrogen (secondary N) is 1. The summed E-state index contributed by atoms with van der Waals surface area (Å²) in [4.78, 5) is 18.6. The fourth-order valence-corrected chi connectivity index (χ4v) is 5.62. The fourth-order valence-electron chi connectivity index (χ4n) is 5.15. The van der Waals surface area contributed by atoms with Gasteiger partial charge >= 0.3 is 0 Å². The minimum absolute atomic E-state index is 0.130. The topological polar surface area (TPSA) is 152 Å². The molecule has 190 valence electrons. The molecule has 0 amide bonds. The lowest BCUT2D eigenvalue weighted by atomic mass is 9.76. The number of hydrogen-bond acceptors (Lipinski definition) is 7. The second kappa shape index (κ2) is 10.6. The Hall–Kier alpha value is -3.54. The maximum Gasteiger partial charge on any atom is 0.296 e. The van der Waals surface area contributed by atoms with Crippen LogP contribution in [0.4, 0.5) is 5.69 Å². The summed E-state index contributed by atoms with van der Waals surface area (Å²) < 4.78 is 25.4. The second-order valence-electron chi connectivity index (χ2n) is 8.92. The molecule has 11 heteroatoms. The standard InChI is InChI=1S/C25H29N5O5S/c1-2-18-7-3-4-8-20(18)21-11-13-29(16-17-6-5-12-27-15-17)24(25(21)30(32)33)19-9-10-23(31)22(14-19)28-36(26,34)35/h3-10,12,14-15,21,24-25,28,31H,2,11,13,16H2,1H3,(H2,26,34,35)/t21-,24+,25-/m1/s1. The van der Waals surface area contributed by atoms with Crippen LogP contribution >= 0.6 is 0 Å². The Bertz CT molecular complexity index is 1340. The third-order valence-electron chi connectivity index (χ3n) is 6.66. The molecule has 0 bridgehead atoms. The Kier molecular flexibility index (Phi) is 7.53. The number of nitrogens with two attached hydrogens (primary N) is 1. The molecule has 2 heterocycles. The molecule has 36 heavy (non-hydrogen) atoms. The second-order valence-corrected chi connectivity index (χ2v) is 10.2. The Labute approximate surface area is 210 Å². The molecule has 0 spiro atoms. The van der Waals surface area contributed by atoms with E-state index in [1.807, 2.05) is 48.2 Å². The van der Waals surface area contributed by atoms with Crippen molar-refractivity contribution in [3.8, 4) is 5.75 Å². The number of aryl methyl sites for hydroxylation is 1. The summed E-state index contributed by atoms with van der Waals surface area (Å²) >= 11 is 0. The number of likely N-dealkylation sites (tertiary alicyclic amines) is 1. The fraction of sp³-hybridized carbons (Fsp3) is 0.320. The van der Waals surface area contributed by atoms with Crippen molar-refractivity contribution in [1.29, 1.82) is 0 Å². The van der Waals surface area contributed by atoms with Crippen LogP contribution in [-0.2, 0) is 23.2 Å². The summed E-state index contributed by atoms with van der Waals surface area (Å²) in [6, 6.07) is 14.1. The third-order valence-corrected chi connectivity index (χ3v) is 7.16. The van der Waals surface area contributed by atoms with Crippen LogP contribution in [0.3, 0.4) is 0 Å². The average molecular weight is 512 g/mol. The van der Waals surface area contributed by atoms with Crippen molar-refractivity contribution in [1.82, 2.24) is 9.88 Å². The molecule has 3 aromatic rings. The van der Waals surface area contributed by atoms with Crippen LogP contribution in [-0.4, -0.2) is 40.9 Å².